The molecule has 4 aromatic carbocycles. The molecule has 0 aliphatic carbocycles. The average molecular weight is 618 g/mol. The number of hydrogen-bond donors (Lipinski definition) is 1. The first kappa shape index (κ1) is 30.2. The smallest absolute Gasteiger partial charge is 0.220 e. The second kappa shape index (κ2) is 11.4. The molecule has 0 fully saturated rings. The van der Waals surface area contributed by atoms with Crippen molar-refractivity contribution >= 4 is 21.9 Å². The molecule has 234 valence electrons. The van der Waals surface area contributed by atoms with Crippen LogP contribution in [0.5, 0.6) is 17.4 Å². The molecule has 7 rings (SSSR count). The maximum atomic E-state index is 11.1. The van der Waals surface area contributed by atoms with Gasteiger partial charge in [0.2, 0.25) is 5.88 Å². The van der Waals surface area contributed by atoms with E-state index in [0.717, 1.165) is 44.3 Å². The van der Waals surface area contributed by atoms with Crippen molar-refractivity contribution in [3.05, 3.63) is 132 Å². The highest BCUT2D eigenvalue weighted by molar-refractivity contribution is 6.09. The number of nitrogens with zero attached hydrogens (tertiary/aromatic N) is 3. The molecule has 0 aliphatic heterocycles. The molecular formula is C42H39N3O2. The van der Waals surface area contributed by atoms with Gasteiger partial charge in [0, 0.05) is 16.8 Å². The van der Waals surface area contributed by atoms with Gasteiger partial charge in [-0.3, -0.25) is 4.57 Å². The SMILES string of the molecule is CC(C)(C)c1ccc2c(c1)c1cc(C(C)(C)C)c(-c3cc(-c4ccccc4)cc(Oc4ccccc4)n3)nc1n2-c1ccccc1O. The average Bonchev–Trinajstić information content (AvgIpc) is 3.37. The number of benzene rings is 4. The van der Waals surface area contributed by atoms with Gasteiger partial charge < -0.3 is 9.84 Å². The van der Waals surface area contributed by atoms with Crippen molar-refractivity contribution in [2.24, 2.45) is 0 Å². The summed E-state index contributed by atoms with van der Waals surface area (Å²) in [5.74, 6) is 1.40. The summed E-state index contributed by atoms with van der Waals surface area (Å²) in [5, 5.41) is 13.2. The molecule has 3 heterocycles. The Bertz CT molecular complexity index is 2240. The van der Waals surface area contributed by atoms with Gasteiger partial charge in [-0.2, -0.15) is 0 Å². The Morgan fingerprint density at radius 3 is 1.98 bits per heavy atom. The maximum Gasteiger partial charge on any atom is 0.220 e. The molecule has 0 aliphatic rings. The molecule has 0 spiro atoms. The van der Waals surface area contributed by atoms with Gasteiger partial charge >= 0.3 is 0 Å². The number of phenolic OH excluding ortho intramolecular Hbond substituents is 1. The van der Waals surface area contributed by atoms with E-state index < -0.39 is 0 Å². The second-order valence-electron chi connectivity index (χ2n) is 14.2. The highest BCUT2D eigenvalue weighted by Crippen LogP contribution is 2.42. The molecule has 1 N–H and O–H groups in total. The third-order valence-electron chi connectivity index (χ3n) is 8.66. The Balaban J connectivity index is 1.56. The minimum Gasteiger partial charge on any atom is -0.506 e. The fourth-order valence-electron chi connectivity index (χ4n) is 6.15. The van der Waals surface area contributed by atoms with E-state index in [2.05, 4.69) is 88.6 Å². The molecule has 3 aromatic heterocycles. The summed E-state index contributed by atoms with van der Waals surface area (Å²) in [6.45, 7) is 13.3. The lowest BCUT2D eigenvalue weighted by Gasteiger charge is -2.23. The number of pyridine rings is 2. The van der Waals surface area contributed by atoms with Crippen LogP contribution >= 0.6 is 0 Å². The van der Waals surface area contributed by atoms with E-state index in [0.29, 0.717) is 23.0 Å². The topological polar surface area (TPSA) is 60.2 Å². The molecule has 0 bridgehead atoms. The minimum atomic E-state index is -0.258. The van der Waals surface area contributed by atoms with E-state index >= 15 is 0 Å². The van der Waals surface area contributed by atoms with Crippen LogP contribution < -0.4 is 4.74 Å². The molecule has 47 heavy (non-hydrogen) atoms. The predicted octanol–water partition coefficient (Wildman–Crippen LogP) is 11.0. The van der Waals surface area contributed by atoms with Crippen molar-refractivity contribution in [1.82, 2.24) is 14.5 Å². The van der Waals surface area contributed by atoms with E-state index in [4.69, 9.17) is 14.7 Å². The Morgan fingerprint density at radius 1 is 0.617 bits per heavy atom. The van der Waals surface area contributed by atoms with Gasteiger partial charge in [-0.15, -0.1) is 0 Å². The highest BCUT2D eigenvalue weighted by atomic mass is 16.5. The lowest BCUT2D eigenvalue weighted by Crippen LogP contribution is -2.14. The minimum absolute atomic E-state index is 0.0331. The van der Waals surface area contributed by atoms with Crippen molar-refractivity contribution in [2.75, 3.05) is 0 Å². The van der Waals surface area contributed by atoms with Crippen LogP contribution in [0.25, 0.3) is 50.1 Å². The van der Waals surface area contributed by atoms with E-state index in [1.165, 1.54) is 5.56 Å². The monoisotopic (exact) mass is 617 g/mol. The second-order valence-corrected chi connectivity index (χ2v) is 14.2. The summed E-state index contributed by atoms with van der Waals surface area (Å²) < 4.78 is 8.41. The fraction of sp³-hybridized carbons (Fsp3) is 0.190. The fourth-order valence-corrected chi connectivity index (χ4v) is 6.15. The summed E-state index contributed by atoms with van der Waals surface area (Å²) in [6.07, 6.45) is 0. The zero-order chi connectivity index (χ0) is 32.9. The maximum absolute atomic E-state index is 11.1. The number of para-hydroxylation sites is 3. The summed E-state index contributed by atoms with van der Waals surface area (Å²) in [7, 11) is 0. The zero-order valence-corrected chi connectivity index (χ0v) is 27.7. The van der Waals surface area contributed by atoms with Gasteiger partial charge in [0.15, 0.2) is 0 Å². The molecule has 0 radical (unpaired) electrons. The van der Waals surface area contributed by atoms with Crippen LogP contribution in [0.3, 0.4) is 0 Å². The van der Waals surface area contributed by atoms with E-state index in [-0.39, 0.29) is 16.6 Å². The molecule has 5 nitrogen and oxygen atoms in total. The van der Waals surface area contributed by atoms with Crippen molar-refractivity contribution in [1.29, 1.82) is 0 Å². The van der Waals surface area contributed by atoms with Gasteiger partial charge in [-0.25, -0.2) is 9.97 Å². The molecule has 0 unspecified atom stereocenters. The normalized spacial score (nSPS) is 12.1. The molecule has 5 heteroatoms. The van der Waals surface area contributed by atoms with Crippen molar-refractivity contribution in [2.45, 2.75) is 52.4 Å². The molecule has 7 aromatic rings. The largest absolute Gasteiger partial charge is 0.506 e. The number of phenols is 1. The van der Waals surface area contributed by atoms with Gasteiger partial charge in [0.05, 0.1) is 22.6 Å². The summed E-state index contributed by atoms with van der Waals surface area (Å²) in [6, 6.07) is 40.4. The number of fused-ring (bicyclic) bond motifs is 3. The van der Waals surface area contributed by atoms with Crippen molar-refractivity contribution in [3.63, 3.8) is 0 Å². The Kier molecular flexibility index (Phi) is 7.35. The Morgan fingerprint density at radius 2 is 1.30 bits per heavy atom. The van der Waals surface area contributed by atoms with Crippen LogP contribution in [0.15, 0.2) is 121 Å². The van der Waals surface area contributed by atoms with Crippen LogP contribution in [0.4, 0.5) is 0 Å². The molecule has 0 amide bonds. The summed E-state index contributed by atoms with van der Waals surface area (Å²) in [4.78, 5) is 10.6. The first-order chi connectivity index (χ1) is 22.5. The Hall–Kier alpha value is -5.42. The third kappa shape index (κ3) is 5.74. The van der Waals surface area contributed by atoms with Gasteiger partial charge in [0.1, 0.15) is 17.1 Å². The predicted molar refractivity (Wildman–Crippen MR) is 193 cm³/mol. The third-order valence-corrected chi connectivity index (χ3v) is 8.66. The molecule has 0 saturated heterocycles. The molecule has 0 saturated carbocycles. The van der Waals surface area contributed by atoms with Crippen molar-refractivity contribution < 1.29 is 9.84 Å². The van der Waals surface area contributed by atoms with Gasteiger partial charge in [-0.05, 0) is 81.6 Å². The summed E-state index contributed by atoms with van der Waals surface area (Å²) in [5.41, 5.74) is 7.98. The highest BCUT2D eigenvalue weighted by Gasteiger charge is 2.27. The first-order valence-corrected chi connectivity index (χ1v) is 16.1. The van der Waals surface area contributed by atoms with Gasteiger partial charge in [-0.1, -0.05) is 108 Å². The molecular weight excluding hydrogens is 578 g/mol. The number of rotatable bonds is 5. The van der Waals surface area contributed by atoms with Crippen LogP contribution in [-0.2, 0) is 10.8 Å². The number of aromatic nitrogens is 3. The zero-order valence-electron chi connectivity index (χ0n) is 27.7. The van der Waals surface area contributed by atoms with Crippen molar-refractivity contribution in [3.8, 4) is 45.6 Å². The van der Waals surface area contributed by atoms with E-state index in [1.54, 1.807) is 6.07 Å². The lowest BCUT2D eigenvalue weighted by molar-refractivity contribution is 0.463. The van der Waals surface area contributed by atoms with E-state index in [1.807, 2.05) is 72.8 Å². The van der Waals surface area contributed by atoms with E-state index in [9.17, 15) is 5.11 Å². The standard InChI is InChI=1S/C42H39N3O2/c1-41(2,3)29-21-22-35-31(25-29)32-26-33(42(4,5)6)39(44-40(32)45(35)36-19-13-14-20-37(36)46)34-23-28(27-15-9-7-10-16-27)24-38(43-34)47-30-17-11-8-12-18-30/h7-26,46H,1-6H3. The first-order valence-electron chi connectivity index (χ1n) is 16.1. The number of hydrogen-bond acceptors (Lipinski definition) is 4. The van der Waals surface area contributed by atoms with Crippen LogP contribution in [0, 0.1) is 0 Å². The molecule has 0 atom stereocenters. The van der Waals surface area contributed by atoms with Crippen LogP contribution in [0.1, 0.15) is 52.7 Å². The van der Waals surface area contributed by atoms with Crippen LogP contribution in [-0.4, -0.2) is 19.6 Å². The van der Waals surface area contributed by atoms with Gasteiger partial charge in [0.25, 0.3) is 0 Å². The Labute approximate surface area is 276 Å². The summed E-state index contributed by atoms with van der Waals surface area (Å²) >= 11 is 0. The van der Waals surface area contributed by atoms with Crippen LogP contribution in [0.2, 0.25) is 0 Å². The quantitative estimate of drug-likeness (QED) is 0.209. The number of aromatic hydroxyl groups is 1. The number of ether oxygens (including phenoxy) is 1. The lowest BCUT2D eigenvalue weighted by atomic mass is 9.83.